The van der Waals surface area contributed by atoms with E-state index in [0.717, 1.165) is 32.4 Å². The Morgan fingerprint density at radius 3 is 3.07 bits per heavy atom. The van der Waals surface area contributed by atoms with Gasteiger partial charge in [0.25, 0.3) is 0 Å². The second kappa shape index (κ2) is 6.82. The lowest BCUT2D eigenvalue weighted by atomic mass is 10.1. The highest BCUT2D eigenvalue weighted by molar-refractivity contribution is 5.81. The molecule has 0 saturated carbocycles. The number of unbranched alkanes of at least 4 members (excludes halogenated alkanes) is 2. The lowest BCUT2D eigenvalue weighted by Gasteiger charge is -2.14. The third-order valence-electron chi connectivity index (χ3n) is 2.71. The van der Waals surface area contributed by atoms with Crippen LogP contribution < -0.4 is 10.6 Å². The van der Waals surface area contributed by atoms with Crippen LogP contribution in [0, 0.1) is 0 Å². The fourth-order valence-corrected chi connectivity index (χ4v) is 1.79. The van der Waals surface area contributed by atoms with Gasteiger partial charge in [0.15, 0.2) is 0 Å². The number of hydrogen-bond donors (Lipinski definition) is 2. The van der Waals surface area contributed by atoms with Crippen LogP contribution in [0.2, 0.25) is 0 Å². The van der Waals surface area contributed by atoms with Crippen LogP contribution in [0.3, 0.4) is 0 Å². The zero-order chi connectivity index (χ0) is 10.2. The van der Waals surface area contributed by atoms with Crippen LogP contribution in [0.5, 0.6) is 0 Å². The van der Waals surface area contributed by atoms with Gasteiger partial charge in [-0.25, -0.2) is 0 Å². The number of amides is 1. The van der Waals surface area contributed by atoms with Gasteiger partial charge in [-0.1, -0.05) is 19.8 Å². The zero-order valence-corrected chi connectivity index (χ0v) is 9.14. The van der Waals surface area contributed by atoms with Crippen molar-refractivity contribution in [3.05, 3.63) is 0 Å². The number of carbonyl (C=O) groups excluding carboxylic acids is 1. The molecular weight excluding hydrogens is 176 g/mol. The molecule has 1 fully saturated rings. The van der Waals surface area contributed by atoms with Crippen molar-refractivity contribution in [2.24, 2.45) is 0 Å². The van der Waals surface area contributed by atoms with E-state index in [0.29, 0.717) is 0 Å². The van der Waals surface area contributed by atoms with Gasteiger partial charge in [0.2, 0.25) is 5.91 Å². The van der Waals surface area contributed by atoms with E-state index in [1.165, 1.54) is 19.3 Å². The lowest BCUT2D eigenvalue weighted by molar-refractivity contribution is -0.122. The highest BCUT2D eigenvalue weighted by Gasteiger charge is 2.18. The molecule has 0 aliphatic carbocycles. The number of nitrogens with one attached hydrogen (secondary N) is 2. The first-order valence-electron chi connectivity index (χ1n) is 5.85. The summed E-state index contributed by atoms with van der Waals surface area (Å²) in [5, 5.41) is 6.27. The van der Waals surface area contributed by atoms with Crippen molar-refractivity contribution in [3.63, 3.8) is 0 Å². The fraction of sp³-hybridized carbons (Fsp3) is 0.909. The van der Waals surface area contributed by atoms with Crippen LogP contribution in [-0.2, 0) is 4.79 Å². The monoisotopic (exact) mass is 198 g/mol. The van der Waals surface area contributed by atoms with Gasteiger partial charge in [0.1, 0.15) is 0 Å². The molecule has 0 aromatic rings. The van der Waals surface area contributed by atoms with Crippen LogP contribution in [0.25, 0.3) is 0 Å². The van der Waals surface area contributed by atoms with E-state index < -0.39 is 0 Å². The molecule has 0 aromatic heterocycles. The van der Waals surface area contributed by atoms with E-state index in [2.05, 4.69) is 17.6 Å². The molecule has 3 nitrogen and oxygen atoms in total. The van der Waals surface area contributed by atoms with Crippen molar-refractivity contribution >= 4 is 5.91 Å². The van der Waals surface area contributed by atoms with Crippen LogP contribution in [0.15, 0.2) is 0 Å². The standard InChI is InChI=1S/C11H22N2O/c1-2-3-5-8-12-10-7-4-6-9-13-11(10)14/h10,12H,2-9H2,1H3,(H,13,14). The molecule has 3 heteroatoms. The number of hydrogen-bond acceptors (Lipinski definition) is 2. The summed E-state index contributed by atoms with van der Waals surface area (Å²) >= 11 is 0. The van der Waals surface area contributed by atoms with Gasteiger partial charge in [-0.15, -0.1) is 0 Å². The van der Waals surface area contributed by atoms with Crippen LogP contribution in [0.1, 0.15) is 45.4 Å². The Hall–Kier alpha value is -0.570. The van der Waals surface area contributed by atoms with E-state index in [4.69, 9.17) is 0 Å². The first-order valence-corrected chi connectivity index (χ1v) is 5.85. The highest BCUT2D eigenvalue weighted by Crippen LogP contribution is 2.05. The third kappa shape index (κ3) is 4.09. The summed E-state index contributed by atoms with van der Waals surface area (Å²) in [5.74, 6) is 0.194. The summed E-state index contributed by atoms with van der Waals surface area (Å²) in [6.07, 6.45) is 6.95. The molecule has 1 aliphatic heterocycles. The van der Waals surface area contributed by atoms with Crippen molar-refractivity contribution in [2.75, 3.05) is 13.1 Å². The average Bonchev–Trinajstić information content (AvgIpc) is 2.39. The summed E-state index contributed by atoms with van der Waals surface area (Å²) < 4.78 is 0. The van der Waals surface area contributed by atoms with Crippen LogP contribution in [0.4, 0.5) is 0 Å². The van der Waals surface area contributed by atoms with Crippen LogP contribution in [-0.4, -0.2) is 25.0 Å². The van der Waals surface area contributed by atoms with E-state index in [-0.39, 0.29) is 11.9 Å². The molecule has 1 heterocycles. The largest absolute Gasteiger partial charge is 0.355 e. The predicted molar refractivity (Wildman–Crippen MR) is 58.2 cm³/mol. The molecule has 1 unspecified atom stereocenters. The molecule has 0 spiro atoms. The number of carbonyl (C=O) groups is 1. The molecule has 1 aliphatic rings. The Morgan fingerprint density at radius 2 is 2.29 bits per heavy atom. The molecule has 1 saturated heterocycles. The summed E-state index contributed by atoms with van der Waals surface area (Å²) in [4.78, 5) is 11.5. The molecule has 0 radical (unpaired) electrons. The number of rotatable bonds is 5. The van der Waals surface area contributed by atoms with Gasteiger partial charge in [-0.05, 0) is 32.2 Å². The van der Waals surface area contributed by atoms with E-state index >= 15 is 0 Å². The molecule has 14 heavy (non-hydrogen) atoms. The Morgan fingerprint density at radius 1 is 1.43 bits per heavy atom. The Balaban J connectivity index is 2.16. The molecule has 0 aromatic carbocycles. The van der Waals surface area contributed by atoms with Crippen LogP contribution >= 0.6 is 0 Å². The lowest BCUT2D eigenvalue weighted by Crippen LogP contribution is -2.43. The zero-order valence-electron chi connectivity index (χ0n) is 9.14. The predicted octanol–water partition coefficient (Wildman–Crippen LogP) is 1.43. The molecule has 1 amide bonds. The summed E-state index contributed by atoms with van der Waals surface area (Å²) in [6.45, 7) is 4.02. The maximum atomic E-state index is 11.5. The minimum Gasteiger partial charge on any atom is -0.355 e. The second-order valence-corrected chi connectivity index (χ2v) is 4.00. The topological polar surface area (TPSA) is 41.1 Å². The van der Waals surface area contributed by atoms with E-state index in [9.17, 15) is 4.79 Å². The van der Waals surface area contributed by atoms with Gasteiger partial charge < -0.3 is 10.6 Å². The summed E-state index contributed by atoms with van der Waals surface area (Å²) in [6, 6.07) is 0.0642. The summed E-state index contributed by atoms with van der Waals surface area (Å²) in [7, 11) is 0. The van der Waals surface area contributed by atoms with Gasteiger partial charge in [-0.2, -0.15) is 0 Å². The normalized spacial score (nSPS) is 22.9. The average molecular weight is 198 g/mol. The first-order chi connectivity index (χ1) is 6.84. The SMILES string of the molecule is CCCCCNC1CCCCNC1=O. The fourth-order valence-electron chi connectivity index (χ4n) is 1.79. The maximum Gasteiger partial charge on any atom is 0.237 e. The molecule has 2 N–H and O–H groups in total. The van der Waals surface area contributed by atoms with Gasteiger partial charge >= 0.3 is 0 Å². The van der Waals surface area contributed by atoms with Crippen molar-refractivity contribution in [2.45, 2.75) is 51.5 Å². The van der Waals surface area contributed by atoms with Crippen molar-refractivity contribution in [1.29, 1.82) is 0 Å². The van der Waals surface area contributed by atoms with E-state index in [1.54, 1.807) is 0 Å². The molecule has 1 atom stereocenters. The van der Waals surface area contributed by atoms with Gasteiger partial charge in [0.05, 0.1) is 6.04 Å². The smallest absolute Gasteiger partial charge is 0.237 e. The van der Waals surface area contributed by atoms with Gasteiger partial charge in [-0.3, -0.25) is 4.79 Å². The Kier molecular flexibility index (Phi) is 5.60. The maximum absolute atomic E-state index is 11.5. The minimum atomic E-state index is 0.0642. The quantitative estimate of drug-likeness (QED) is 0.656. The van der Waals surface area contributed by atoms with Crippen molar-refractivity contribution in [3.8, 4) is 0 Å². The second-order valence-electron chi connectivity index (χ2n) is 4.00. The molecule has 0 bridgehead atoms. The van der Waals surface area contributed by atoms with Crippen molar-refractivity contribution < 1.29 is 4.79 Å². The van der Waals surface area contributed by atoms with Gasteiger partial charge in [0, 0.05) is 6.54 Å². The van der Waals surface area contributed by atoms with E-state index in [1.807, 2.05) is 0 Å². The minimum absolute atomic E-state index is 0.0642. The Labute approximate surface area is 86.6 Å². The summed E-state index contributed by atoms with van der Waals surface area (Å²) in [5.41, 5.74) is 0. The molecule has 1 rings (SSSR count). The Bertz CT molecular complexity index is 171. The first kappa shape index (κ1) is 11.5. The third-order valence-corrected chi connectivity index (χ3v) is 2.71. The molecular formula is C11H22N2O. The highest BCUT2D eigenvalue weighted by atomic mass is 16.2. The molecule has 82 valence electrons. The van der Waals surface area contributed by atoms with Crippen molar-refractivity contribution in [1.82, 2.24) is 10.6 Å².